The minimum atomic E-state index is 0.642. The molecule has 0 bridgehead atoms. The van der Waals surface area contributed by atoms with Crippen LogP contribution in [0.15, 0.2) is 73.3 Å². The zero-order valence-electron chi connectivity index (χ0n) is 19.3. The second-order valence-corrected chi connectivity index (χ2v) is 8.05. The van der Waals surface area contributed by atoms with Gasteiger partial charge in [0, 0.05) is 62.4 Å². The van der Waals surface area contributed by atoms with Gasteiger partial charge in [0.1, 0.15) is 12.6 Å². The van der Waals surface area contributed by atoms with E-state index in [1.807, 2.05) is 86.5 Å². The quantitative estimate of drug-likeness (QED) is 0.388. The maximum atomic E-state index is 8.00. The van der Waals surface area contributed by atoms with Crippen LogP contribution in [0.1, 0.15) is 5.56 Å². The van der Waals surface area contributed by atoms with Gasteiger partial charge in [-0.15, -0.1) is 5.10 Å². The first-order valence-corrected chi connectivity index (χ1v) is 10.8. The second-order valence-electron chi connectivity index (χ2n) is 7.61. The molecule has 0 aliphatic carbocycles. The number of hydrogen-bond donors (Lipinski definition) is 1. The Balaban J connectivity index is 0.00000158. The van der Waals surface area contributed by atoms with Gasteiger partial charge in [0.2, 0.25) is 0 Å². The topological polar surface area (TPSA) is 87.1 Å². The van der Waals surface area contributed by atoms with Crippen molar-refractivity contribution in [3.63, 3.8) is 0 Å². The first-order valence-electron chi connectivity index (χ1n) is 10.4. The summed E-state index contributed by atoms with van der Waals surface area (Å²) in [4.78, 5) is 18.6. The van der Waals surface area contributed by atoms with Gasteiger partial charge in [0.05, 0.1) is 6.20 Å². The highest BCUT2D eigenvalue weighted by Crippen LogP contribution is 2.36. The molecule has 0 saturated heterocycles. The van der Waals surface area contributed by atoms with Crippen molar-refractivity contribution >= 4 is 30.0 Å². The lowest BCUT2D eigenvalue weighted by atomic mass is 9.97. The fraction of sp³-hybridized carbons (Fsp3) is 0.160. The van der Waals surface area contributed by atoms with E-state index < -0.39 is 0 Å². The third-order valence-electron chi connectivity index (χ3n) is 4.96. The lowest BCUT2D eigenvalue weighted by Gasteiger charge is -2.22. The molecule has 0 aliphatic rings. The Morgan fingerprint density at radius 3 is 2.24 bits per heavy atom. The Morgan fingerprint density at radius 1 is 0.912 bits per heavy atom. The Labute approximate surface area is 204 Å². The van der Waals surface area contributed by atoms with Gasteiger partial charge >= 0.3 is 0 Å². The number of rotatable bonds is 7. The van der Waals surface area contributed by atoms with E-state index in [0.29, 0.717) is 17.4 Å². The molecule has 0 amide bonds. The summed E-state index contributed by atoms with van der Waals surface area (Å²) >= 11 is 6.10. The summed E-state index contributed by atoms with van der Waals surface area (Å²) in [6.45, 7) is 2.64. The number of hydrogen-bond acceptors (Lipinski definition) is 8. The predicted molar refractivity (Wildman–Crippen MR) is 136 cm³/mol. The molecule has 0 radical (unpaired) electrons. The Hall–Kier alpha value is -3.88. The van der Waals surface area contributed by atoms with Crippen LogP contribution >= 0.6 is 11.6 Å². The molecule has 0 unspecified atom stereocenters. The van der Waals surface area contributed by atoms with Crippen LogP contribution in [0.2, 0.25) is 5.02 Å². The number of aromatic nitrogens is 4. The van der Waals surface area contributed by atoms with E-state index in [1.165, 1.54) is 0 Å². The van der Waals surface area contributed by atoms with Crippen LogP contribution in [0.3, 0.4) is 0 Å². The molecule has 0 spiro atoms. The van der Waals surface area contributed by atoms with Crippen LogP contribution in [0.4, 0.5) is 11.6 Å². The van der Waals surface area contributed by atoms with Gasteiger partial charge in [0.25, 0.3) is 0 Å². The molecule has 0 atom stereocenters. The number of halogens is 1. The number of benzene rings is 1. The summed E-state index contributed by atoms with van der Waals surface area (Å²) < 4.78 is 0. The normalized spacial score (nSPS) is 10.4. The van der Waals surface area contributed by atoms with Gasteiger partial charge < -0.3 is 15.1 Å². The van der Waals surface area contributed by atoms with E-state index in [1.54, 1.807) is 18.6 Å². The molecule has 1 aromatic carbocycles. The number of nitrogens with one attached hydrogen (secondary N) is 1. The summed E-state index contributed by atoms with van der Waals surface area (Å²) in [6, 6.07) is 15.7. The molecule has 8 nitrogen and oxygen atoms in total. The number of anilines is 2. The first kappa shape index (κ1) is 24.8. The fourth-order valence-corrected chi connectivity index (χ4v) is 3.52. The fourth-order valence-electron chi connectivity index (χ4n) is 3.39. The Morgan fingerprint density at radius 2 is 1.62 bits per heavy atom. The highest BCUT2D eigenvalue weighted by molar-refractivity contribution is 6.30. The molecule has 174 valence electrons. The number of hydrazine groups is 1. The van der Waals surface area contributed by atoms with Crippen molar-refractivity contribution in [2.45, 2.75) is 6.54 Å². The molecule has 34 heavy (non-hydrogen) atoms. The van der Waals surface area contributed by atoms with Crippen molar-refractivity contribution < 1.29 is 4.79 Å². The highest BCUT2D eigenvalue weighted by Gasteiger charge is 2.16. The van der Waals surface area contributed by atoms with Crippen molar-refractivity contribution in [3.8, 4) is 22.3 Å². The zero-order chi connectivity index (χ0) is 24.5. The van der Waals surface area contributed by atoms with Crippen LogP contribution in [0, 0.1) is 0 Å². The molecule has 1 N–H and O–H groups in total. The van der Waals surface area contributed by atoms with Crippen molar-refractivity contribution in [2.24, 2.45) is 0 Å². The molecule has 4 rings (SSSR count). The summed E-state index contributed by atoms with van der Waals surface area (Å²) in [6.07, 6.45) is 7.20. The van der Waals surface area contributed by atoms with Gasteiger partial charge in [-0.25, -0.2) is 9.99 Å². The Bertz CT molecular complexity index is 1190. The lowest BCUT2D eigenvalue weighted by molar-refractivity contribution is -0.0979. The van der Waals surface area contributed by atoms with Gasteiger partial charge in [0.15, 0.2) is 5.82 Å². The Kier molecular flexibility index (Phi) is 8.61. The summed E-state index contributed by atoms with van der Waals surface area (Å²) in [5.41, 5.74) is 8.37. The maximum Gasteiger partial charge on any atom is 0.171 e. The number of carbonyl (C=O) groups is 1. The summed E-state index contributed by atoms with van der Waals surface area (Å²) in [5.74, 6) is 1.58. The van der Waals surface area contributed by atoms with E-state index >= 15 is 0 Å². The van der Waals surface area contributed by atoms with Crippen LogP contribution in [-0.2, 0) is 11.3 Å². The summed E-state index contributed by atoms with van der Waals surface area (Å²) in [5, 5.41) is 11.3. The molecule has 9 heteroatoms. The zero-order valence-corrected chi connectivity index (χ0v) is 20.1. The summed E-state index contributed by atoms with van der Waals surface area (Å²) in [7, 11) is 5.91. The molecule has 0 saturated carbocycles. The highest BCUT2D eigenvalue weighted by atomic mass is 35.5. The first-order chi connectivity index (χ1) is 16.5. The van der Waals surface area contributed by atoms with E-state index in [2.05, 4.69) is 31.7 Å². The molecule has 0 fully saturated rings. The minimum absolute atomic E-state index is 0.642. The van der Waals surface area contributed by atoms with Crippen LogP contribution in [0.25, 0.3) is 22.3 Å². The standard InChI is InChI=1S/C24H24ClN7.CH2O/c1-31(2)22-9-4-17(14-27-22)16-32(3)30-24-23(19-10-12-26-13-11-19)21(15-28-29-24)18-5-7-20(25)8-6-18;1-2/h4-15H,16H2,1-3H3,(H,29,30);1H2. The molecular formula is C25H26ClN7O. The maximum absolute atomic E-state index is 8.00. The van der Waals surface area contributed by atoms with Gasteiger partial charge in [-0.05, 0) is 47.0 Å². The molecule has 3 aromatic heterocycles. The van der Waals surface area contributed by atoms with E-state index in [4.69, 9.17) is 16.4 Å². The average molecular weight is 476 g/mol. The number of pyridine rings is 2. The number of nitrogens with zero attached hydrogens (tertiary/aromatic N) is 6. The molecule has 0 aliphatic heterocycles. The third-order valence-corrected chi connectivity index (χ3v) is 5.21. The smallest absolute Gasteiger partial charge is 0.171 e. The average Bonchev–Trinajstić information content (AvgIpc) is 2.86. The minimum Gasteiger partial charge on any atom is -0.363 e. The van der Waals surface area contributed by atoms with Gasteiger partial charge in [-0.3, -0.25) is 4.98 Å². The second kappa shape index (κ2) is 11.8. The monoisotopic (exact) mass is 475 g/mol. The van der Waals surface area contributed by atoms with Crippen molar-refractivity contribution in [1.29, 1.82) is 0 Å². The molecule has 4 aromatic rings. The van der Waals surface area contributed by atoms with Crippen molar-refractivity contribution in [1.82, 2.24) is 25.2 Å². The van der Waals surface area contributed by atoms with E-state index in [-0.39, 0.29) is 0 Å². The largest absolute Gasteiger partial charge is 0.363 e. The van der Waals surface area contributed by atoms with Crippen molar-refractivity contribution in [3.05, 3.63) is 83.9 Å². The van der Waals surface area contributed by atoms with Crippen molar-refractivity contribution in [2.75, 3.05) is 31.5 Å². The molecule has 3 heterocycles. The van der Waals surface area contributed by atoms with E-state index in [9.17, 15) is 0 Å². The lowest BCUT2D eigenvalue weighted by Crippen LogP contribution is -2.26. The van der Waals surface area contributed by atoms with E-state index in [0.717, 1.165) is 33.6 Å². The van der Waals surface area contributed by atoms with Crippen LogP contribution in [-0.4, -0.2) is 53.1 Å². The number of carbonyl (C=O) groups excluding carboxylic acids is 1. The SMILES string of the molecule is C=O.CN(Cc1ccc(N(C)C)nc1)Nc1nncc(-c2ccc(Cl)cc2)c1-c1ccncc1. The molecular weight excluding hydrogens is 450 g/mol. The van der Waals surface area contributed by atoms with Crippen LogP contribution < -0.4 is 10.3 Å². The van der Waals surface area contributed by atoms with Gasteiger partial charge in [-0.2, -0.15) is 5.10 Å². The predicted octanol–water partition coefficient (Wildman–Crippen LogP) is 4.59. The third kappa shape index (κ3) is 6.12. The van der Waals surface area contributed by atoms with Crippen LogP contribution in [0.5, 0.6) is 0 Å². The van der Waals surface area contributed by atoms with Gasteiger partial charge in [-0.1, -0.05) is 29.8 Å².